The molecule has 0 bridgehead atoms. The zero-order valence-electron chi connectivity index (χ0n) is 23.7. The van der Waals surface area contributed by atoms with E-state index in [2.05, 4.69) is 140 Å². The second-order valence-corrected chi connectivity index (χ2v) is 12.4. The molecule has 0 saturated heterocycles. The molecule has 2 heterocycles. The van der Waals surface area contributed by atoms with Crippen molar-refractivity contribution in [2.75, 3.05) is 5.73 Å². The van der Waals surface area contributed by atoms with Crippen molar-refractivity contribution in [3.05, 3.63) is 167 Å². The quantitative estimate of drug-likeness (QED) is 0.207. The maximum absolute atomic E-state index is 6.28. The first-order valence-electron chi connectivity index (χ1n) is 14.7. The van der Waals surface area contributed by atoms with Crippen molar-refractivity contribution in [3.8, 4) is 16.8 Å². The lowest BCUT2D eigenvalue weighted by Crippen LogP contribution is -2.44. The number of aromatic nitrogens is 1. The van der Waals surface area contributed by atoms with E-state index in [1.165, 1.54) is 66.4 Å². The molecular weight excluding hydrogens is 508 g/mol. The third kappa shape index (κ3) is 2.75. The highest BCUT2D eigenvalue weighted by Gasteiger charge is 2.52. The Morgan fingerprint density at radius 1 is 0.500 bits per heavy atom. The molecule has 9 rings (SSSR count). The van der Waals surface area contributed by atoms with Gasteiger partial charge < -0.3 is 10.3 Å². The van der Waals surface area contributed by atoms with Gasteiger partial charge in [-0.25, -0.2) is 0 Å². The average molecular weight is 539 g/mol. The van der Waals surface area contributed by atoms with Gasteiger partial charge in [0, 0.05) is 21.9 Å². The first kappa shape index (κ1) is 23.6. The van der Waals surface area contributed by atoms with Crippen molar-refractivity contribution in [1.29, 1.82) is 0 Å². The van der Waals surface area contributed by atoms with E-state index in [0.717, 1.165) is 11.3 Å². The van der Waals surface area contributed by atoms with Crippen LogP contribution >= 0.6 is 0 Å². The molecule has 0 radical (unpaired) electrons. The molecule has 2 N–H and O–H groups in total. The SMILES string of the molecule is CC1(C)c2ccccc2C2(c3ccccc3-n3c4ccccc4c4cccc2c43)c2cc(-c3cccc(N)c3)ccc21. The van der Waals surface area contributed by atoms with Crippen molar-refractivity contribution in [2.24, 2.45) is 0 Å². The zero-order valence-corrected chi connectivity index (χ0v) is 23.7. The van der Waals surface area contributed by atoms with Crippen LogP contribution in [0.5, 0.6) is 0 Å². The Morgan fingerprint density at radius 2 is 1.14 bits per heavy atom. The topological polar surface area (TPSA) is 30.9 Å². The van der Waals surface area contributed by atoms with Crippen molar-refractivity contribution < 1.29 is 0 Å². The van der Waals surface area contributed by atoms with Gasteiger partial charge in [0.05, 0.1) is 22.1 Å². The van der Waals surface area contributed by atoms with Crippen molar-refractivity contribution >= 4 is 27.5 Å². The third-order valence-corrected chi connectivity index (χ3v) is 9.97. The summed E-state index contributed by atoms with van der Waals surface area (Å²) in [6.07, 6.45) is 0. The molecule has 1 aliphatic carbocycles. The van der Waals surface area contributed by atoms with Crippen LogP contribution in [0, 0.1) is 0 Å². The Bertz CT molecular complexity index is 2250. The molecule has 42 heavy (non-hydrogen) atoms. The van der Waals surface area contributed by atoms with E-state index in [-0.39, 0.29) is 5.41 Å². The summed E-state index contributed by atoms with van der Waals surface area (Å²) in [5.41, 5.74) is 20.6. The van der Waals surface area contributed by atoms with Crippen LogP contribution in [-0.4, -0.2) is 4.57 Å². The van der Waals surface area contributed by atoms with Gasteiger partial charge >= 0.3 is 0 Å². The highest BCUT2D eigenvalue weighted by atomic mass is 15.0. The number of anilines is 1. The molecule has 1 unspecified atom stereocenters. The maximum Gasteiger partial charge on any atom is 0.0748 e. The minimum absolute atomic E-state index is 0.168. The summed E-state index contributed by atoms with van der Waals surface area (Å²) in [6.45, 7) is 4.76. The lowest BCUT2D eigenvalue weighted by molar-refractivity contribution is 0.556. The van der Waals surface area contributed by atoms with Crippen LogP contribution in [0.1, 0.15) is 47.2 Å². The summed E-state index contributed by atoms with van der Waals surface area (Å²) in [5, 5.41) is 2.59. The predicted octanol–water partition coefficient (Wildman–Crippen LogP) is 9.37. The number of nitrogen functional groups attached to an aromatic ring is 1. The van der Waals surface area contributed by atoms with Crippen molar-refractivity contribution in [1.82, 2.24) is 4.57 Å². The Labute approximate surface area is 245 Å². The van der Waals surface area contributed by atoms with Crippen molar-refractivity contribution in [3.63, 3.8) is 0 Å². The Morgan fingerprint density at radius 3 is 2.00 bits per heavy atom. The van der Waals surface area contributed by atoms with Crippen LogP contribution < -0.4 is 5.73 Å². The molecule has 200 valence electrons. The summed E-state index contributed by atoms with van der Waals surface area (Å²) < 4.78 is 2.50. The highest BCUT2D eigenvalue weighted by Crippen LogP contribution is 2.60. The van der Waals surface area contributed by atoms with Crippen LogP contribution in [0.2, 0.25) is 0 Å². The lowest BCUT2D eigenvalue weighted by atomic mass is 9.53. The summed E-state index contributed by atoms with van der Waals surface area (Å²) in [5.74, 6) is 0. The van der Waals surface area contributed by atoms with Gasteiger partial charge in [0.25, 0.3) is 0 Å². The molecule has 0 fully saturated rings. The van der Waals surface area contributed by atoms with E-state index in [0.29, 0.717) is 0 Å². The summed E-state index contributed by atoms with van der Waals surface area (Å²) in [4.78, 5) is 0. The normalized spacial score (nSPS) is 17.7. The van der Waals surface area contributed by atoms with E-state index in [4.69, 9.17) is 5.73 Å². The first-order valence-corrected chi connectivity index (χ1v) is 14.7. The molecule has 7 aromatic rings. The molecule has 1 spiro atoms. The third-order valence-electron chi connectivity index (χ3n) is 9.97. The fraction of sp³-hybridized carbons (Fsp3) is 0.100. The average Bonchev–Trinajstić information content (AvgIpc) is 3.37. The van der Waals surface area contributed by atoms with Gasteiger partial charge in [0.1, 0.15) is 0 Å². The minimum Gasteiger partial charge on any atom is -0.399 e. The molecule has 2 aliphatic rings. The Kier molecular flexibility index (Phi) is 4.51. The van der Waals surface area contributed by atoms with Gasteiger partial charge in [0.2, 0.25) is 0 Å². The molecule has 1 atom stereocenters. The fourth-order valence-electron chi connectivity index (χ4n) is 8.23. The zero-order chi connectivity index (χ0) is 28.2. The smallest absolute Gasteiger partial charge is 0.0748 e. The van der Waals surface area contributed by atoms with Crippen LogP contribution in [0.4, 0.5) is 5.69 Å². The predicted molar refractivity (Wildman–Crippen MR) is 175 cm³/mol. The van der Waals surface area contributed by atoms with E-state index in [9.17, 15) is 0 Å². The number of para-hydroxylation sites is 3. The Balaban J connectivity index is 1.53. The summed E-state index contributed by atoms with van der Waals surface area (Å²) in [6, 6.07) is 49.3. The molecular formula is C40H30N2. The molecule has 2 heteroatoms. The maximum atomic E-state index is 6.28. The molecule has 1 aliphatic heterocycles. The van der Waals surface area contributed by atoms with E-state index < -0.39 is 5.41 Å². The monoisotopic (exact) mass is 538 g/mol. The van der Waals surface area contributed by atoms with E-state index in [1.54, 1.807) is 0 Å². The first-order chi connectivity index (χ1) is 20.5. The van der Waals surface area contributed by atoms with Gasteiger partial charge in [-0.3, -0.25) is 0 Å². The number of rotatable bonds is 1. The van der Waals surface area contributed by atoms with Crippen LogP contribution in [0.25, 0.3) is 38.6 Å². The molecule has 0 saturated carbocycles. The number of benzene rings is 6. The summed E-state index contributed by atoms with van der Waals surface area (Å²) in [7, 11) is 0. The van der Waals surface area contributed by atoms with Crippen LogP contribution in [0.3, 0.4) is 0 Å². The Hall–Kier alpha value is -5.08. The largest absolute Gasteiger partial charge is 0.399 e. The van der Waals surface area contributed by atoms with Gasteiger partial charge in [0.15, 0.2) is 0 Å². The molecule has 6 aromatic carbocycles. The summed E-state index contributed by atoms with van der Waals surface area (Å²) >= 11 is 0. The molecule has 1 aromatic heterocycles. The number of nitrogens with two attached hydrogens (primary N) is 1. The fourth-order valence-corrected chi connectivity index (χ4v) is 8.23. The second-order valence-electron chi connectivity index (χ2n) is 12.4. The highest BCUT2D eigenvalue weighted by molar-refractivity contribution is 6.12. The van der Waals surface area contributed by atoms with E-state index in [1.807, 2.05) is 12.1 Å². The molecule has 0 amide bonds. The number of hydrogen-bond acceptors (Lipinski definition) is 1. The second kappa shape index (κ2) is 8.02. The van der Waals surface area contributed by atoms with Crippen LogP contribution in [0.15, 0.2) is 133 Å². The van der Waals surface area contributed by atoms with Gasteiger partial charge in [-0.1, -0.05) is 117 Å². The van der Waals surface area contributed by atoms with Crippen LogP contribution in [-0.2, 0) is 10.8 Å². The number of nitrogens with zero attached hydrogens (tertiary/aromatic N) is 1. The lowest BCUT2D eigenvalue weighted by Gasteiger charge is -2.50. The molecule has 2 nitrogen and oxygen atoms in total. The van der Waals surface area contributed by atoms with E-state index >= 15 is 0 Å². The van der Waals surface area contributed by atoms with Gasteiger partial charge in [-0.15, -0.1) is 0 Å². The standard InChI is InChI=1S/C40H30N2/c1-39(2)30-15-4-5-16-32(30)40(35-24-26(21-22-31(35)39)25-11-9-12-27(41)23-25)33-17-6-8-20-37(33)42-36-19-7-3-13-28(36)29-14-10-18-34(40)38(29)42/h3-24H,41H2,1-2H3. The number of fused-ring (bicyclic) bond motifs is 11. The van der Waals surface area contributed by atoms with Gasteiger partial charge in [-0.2, -0.15) is 0 Å². The number of hydrogen-bond donors (Lipinski definition) is 1. The van der Waals surface area contributed by atoms with Crippen molar-refractivity contribution in [2.45, 2.75) is 24.7 Å². The minimum atomic E-state index is -0.488. The van der Waals surface area contributed by atoms with Gasteiger partial charge in [-0.05, 0) is 74.8 Å².